The van der Waals surface area contributed by atoms with Gasteiger partial charge in [0.15, 0.2) is 0 Å². The Morgan fingerprint density at radius 2 is 0.911 bits per heavy atom. The quantitative estimate of drug-likeness (QED) is 0.192. The molecule has 4 aliphatic carbocycles. The van der Waals surface area contributed by atoms with Gasteiger partial charge in [0, 0.05) is 0 Å². The fourth-order valence-corrected chi connectivity index (χ4v) is 17.7. The fourth-order valence-electron chi connectivity index (χ4n) is 10.1. The van der Waals surface area contributed by atoms with E-state index < -0.39 is 8.07 Å². The number of hydrogen-bond donors (Lipinski definition) is 0. The van der Waals surface area contributed by atoms with E-state index in [1.54, 1.807) is 11.1 Å². The van der Waals surface area contributed by atoms with Crippen molar-refractivity contribution >= 4 is 20.2 Å². The molecule has 0 unspecified atom stereocenters. The molecule has 0 atom stereocenters. The van der Waals surface area contributed by atoms with Gasteiger partial charge in [-0.3, -0.25) is 0 Å². The number of fused-ring (bicyclic) bond motifs is 2. The Morgan fingerprint density at radius 3 is 1.33 bits per heavy atom. The molecule has 0 saturated heterocycles. The van der Waals surface area contributed by atoms with Gasteiger partial charge in [-0.2, -0.15) is 0 Å². The molecule has 45 heavy (non-hydrogen) atoms. The second-order valence-corrected chi connectivity index (χ2v) is 19.6. The van der Waals surface area contributed by atoms with Crippen LogP contribution >= 0.6 is 0 Å². The van der Waals surface area contributed by atoms with E-state index in [1.807, 2.05) is 10.4 Å². The molecule has 4 aromatic carbocycles. The molecule has 0 radical (unpaired) electrons. The van der Waals surface area contributed by atoms with E-state index in [-0.39, 0.29) is 0 Å². The molecular weight excluding hydrogens is 557 g/mol. The minimum atomic E-state index is -2.03. The van der Waals surface area contributed by atoms with E-state index in [4.69, 9.17) is 0 Å². The summed E-state index contributed by atoms with van der Waals surface area (Å²) in [7, 11) is -2.03. The SMILES string of the molecule is Cc1ccc(C)c(-c2cccc3c2C=C([Si](C2=Cc4c(cccc4-c4cc(C)ccc4C)C2)(C2CCCC2)C2CCCC2)C3)c1. The molecule has 4 aliphatic rings. The van der Waals surface area contributed by atoms with Gasteiger partial charge >= 0.3 is 0 Å². The lowest BCUT2D eigenvalue weighted by Gasteiger charge is -2.45. The fraction of sp³-hybridized carbons (Fsp3) is 0.364. The van der Waals surface area contributed by atoms with Crippen LogP contribution in [0.2, 0.25) is 11.1 Å². The van der Waals surface area contributed by atoms with Crippen molar-refractivity contribution in [3.63, 3.8) is 0 Å². The zero-order chi connectivity index (χ0) is 30.7. The first-order valence-corrected chi connectivity index (χ1v) is 19.9. The predicted molar refractivity (Wildman–Crippen MR) is 196 cm³/mol. The first-order chi connectivity index (χ1) is 21.9. The molecule has 1 heteroatoms. The van der Waals surface area contributed by atoms with Gasteiger partial charge in [0.25, 0.3) is 0 Å². The molecule has 2 saturated carbocycles. The summed E-state index contributed by atoms with van der Waals surface area (Å²) in [6.07, 6.45) is 19.4. The first-order valence-electron chi connectivity index (χ1n) is 17.7. The van der Waals surface area contributed by atoms with Crippen LogP contribution in [0.3, 0.4) is 0 Å². The second-order valence-electron chi connectivity index (χ2n) is 14.9. The van der Waals surface area contributed by atoms with Gasteiger partial charge in [-0.05, 0) is 107 Å². The highest BCUT2D eigenvalue weighted by Gasteiger charge is 2.55. The van der Waals surface area contributed by atoms with E-state index in [1.165, 1.54) is 120 Å². The Labute approximate surface area is 272 Å². The van der Waals surface area contributed by atoms with Gasteiger partial charge in [-0.1, -0.05) is 158 Å². The number of allylic oxidation sites excluding steroid dienone is 2. The van der Waals surface area contributed by atoms with Crippen LogP contribution in [0, 0.1) is 27.7 Å². The van der Waals surface area contributed by atoms with Gasteiger partial charge in [0.2, 0.25) is 0 Å². The van der Waals surface area contributed by atoms with Gasteiger partial charge in [0.1, 0.15) is 8.07 Å². The molecule has 0 aromatic heterocycles. The van der Waals surface area contributed by atoms with Crippen molar-refractivity contribution in [2.75, 3.05) is 0 Å². The van der Waals surface area contributed by atoms with E-state index in [0.29, 0.717) is 0 Å². The van der Waals surface area contributed by atoms with Crippen molar-refractivity contribution in [3.8, 4) is 22.3 Å². The molecule has 0 spiro atoms. The minimum absolute atomic E-state index is 0.884. The number of hydrogen-bond acceptors (Lipinski definition) is 0. The van der Waals surface area contributed by atoms with Crippen LogP contribution < -0.4 is 0 Å². The van der Waals surface area contributed by atoms with Crippen LogP contribution in [0.4, 0.5) is 0 Å². The molecule has 8 rings (SSSR count). The Hall–Kier alpha value is -3.42. The first kappa shape index (κ1) is 29.0. The van der Waals surface area contributed by atoms with Crippen LogP contribution in [0.15, 0.2) is 83.2 Å². The standard InChI is InChI=1S/C44H48Si/c1-29-19-21-31(3)41(23-29)39-17-9-11-33-25-37(27-43(33)39)45(35-13-5-6-14-35,36-15-7-8-16-36)38-26-34-12-10-18-40(44(34)28-38)42-24-30(2)20-22-32(42)4/h9-12,17-24,27-28,35-36H,5-8,13-16,25-26H2,1-4H3. The summed E-state index contributed by atoms with van der Waals surface area (Å²) in [6.45, 7) is 9.06. The summed E-state index contributed by atoms with van der Waals surface area (Å²) >= 11 is 0. The smallest absolute Gasteiger partial charge is 0.0704 e. The Morgan fingerprint density at radius 1 is 0.489 bits per heavy atom. The van der Waals surface area contributed by atoms with Crippen molar-refractivity contribution in [1.29, 1.82) is 0 Å². The Kier molecular flexibility index (Phi) is 7.37. The van der Waals surface area contributed by atoms with Crippen LogP contribution in [-0.2, 0) is 12.8 Å². The molecule has 4 aromatic rings. The van der Waals surface area contributed by atoms with Gasteiger partial charge < -0.3 is 0 Å². The molecule has 2 fully saturated rings. The van der Waals surface area contributed by atoms with Crippen molar-refractivity contribution < 1.29 is 0 Å². The van der Waals surface area contributed by atoms with Crippen LogP contribution in [0.5, 0.6) is 0 Å². The molecule has 0 bridgehead atoms. The lowest BCUT2D eigenvalue weighted by molar-refractivity contribution is 0.749. The van der Waals surface area contributed by atoms with Crippen LogP contribution in [0.25, 0.3) is 34.4 Å². The zero-order valence-electron chi connectivity index (χ0n) is 27.8. The monoisotopic (exact) mass is 604 g/mol. The number of rotatable bonds is 6. The molecule has 0 N–H and O–H groups in total. The van der Waals surface area contributed by atoms with Gasteiger partial charge in [0.05, 0.1) is 0 Å². The maximum atomic E-state index is 2.78. The summed E-state index contributed by atoms with van der Waals surface area (Å²) in [5, 5.41) is 3.75. The average molecular weight is 605 g/mol. The molecule has 228 valence electrons. The summed E-state index contributed by atoms with van der Waals surface area (Å²) < 4.78 is 0. The van der Waals surface area contributed by atoms with Crippen LogP contribution in [0.1, 0.15) is 95.9 Å². The third kappa shape index (κ3) is 4.76. The molecule has 0 amide bonds. The second kappa shape index (κ2) is 11.4. The zero-order valence-corrected chi connectivity index (χ0v) is 28.8. The van der Waals surface area contributed by atoms with E-state index in [2.05, 4.69) is 113 Å². The number of aryl methyl sites for hydroxylation is 4. The van der Waals surface area contributed by atoms with E-state index >= 15 is 0 Å². The summed E-state index contributed by atoms with van der Waals surface area (Å²) in [5.74, 6) is 0. The molecule has 0 aliphatic heterocycles. The maximum absolute atomic E-state index is 2.78. The van der Waals surface area contributed by atoms with Crippen molar-refractivity contribution in [1.82, 2.24) is 0 Å². The predicted octanol–water partition coefficient (Wildman–Crippen LogP) is 12.2. The average Bonchev–Trinajstić information content (AvgIpc) is 3.87. The van der Waals surface area contributed by atoms with Crippen molar-refractivity contribution in [2.45, 2.75) is 103 Å². The van der Waals surface area contributed by atoms with Gasteiger partial charge in [-0.15, -0.1) is 0 Å². The molecular formula is C44H48Si. The highest BCUT2D eigenvalue weighted by atomic mass is 28.3. The summed E-state index contributed by atoms with van der Waals surface area (Å²) in [4.78, 5) is 0. The highest BCUT2D eigenvalue weighted by Crippen LogP contribution is 2.60. The van der Waals surface area contributed by atoms with Gasteiger partial charge in [-0.25, -0.2) is 0 Å². The lowest BCUT2D eigenvalue weighted by Crippen LogP contribution is -2.48. The van der Waals surface area contributed by atoms with Crippen molar-refractivity contribution in [3.05, 3.63) is 128 Å². The van der Waals surface area contributed by atoms with E-state index in [0.717, 1.165) is 11.1 Å². The molecule has 0 nitrogen and oxygen atoms in total. The summed E-state index contributed by atoms with van der Waals surface area (Å²) in [6, 6.07) is 28.4. The normalized spacial score (nSPS) is 18.3. The summed E-state index contributed by atoms with van der Waals surface area (Å²) in [5.41, 5.74) is 19.2. The largest absolute Gasteiger partial charge is 0.115 e. The number of benzene rings is 4. The van der Waals surface area contributed by atoms with E-state index in [9.17, 15) is 0 Å². The Bertz CT molecular complexity index is 1720. The highest BCUT2D eigenvalue weighted by molar-refractivity contribution is 6.96. The van der Waals surface area contributed by atoms with Crippen LogP contribution in [-0.4, -0.2) is 8.07 Å². The van der Waals surface area contributed by atoms with Crippen molar-refractivity contribution in [2.24, 2.45) is 0 Å². The third-order valence-corrected chi connectivity index (χ3v) is 18.7. The topological polar surface area (TPSA) is 0 Å². The maximum Gasteiger partial charge on any atom is 0.115 e. The lowest BCUT2D eigenvalue weighted by atomic mass is 9.93. The minimum Gasteiger partial charge on any atom is -0.0704 e. The Balaban J connectivity index is 1.32. The molecule has 0 heterocycles. The third-order valence-electron chi connectivity index (χ3n) is 12.2.